The van der Waals surface area contributed by atoms with Gasteiger partial charge in [0.1, 0.15) is 0 Å². The summed E-state index contributed by atoms with van der Waals surface area (Å²) in [6.07, 6.45) is 3.09. The van der Waals surface area contributed by atoms with E-state index in [9.17, 15) is 0 Å². The zero-order valence-electron chi connectivity index (χ0n) is 6.30. The first-order valence-corrected chi connectivity index (χ1v) is 3.55. The highest BCUT2D eigenvalue weighted by Gasteiger charge is 1.99. The molecule has 0 saturated heterocycles. The normalized spacial score (nSPS) is 8.80. The van der Waals surface area contributed by atoms with Crippen LogP contribution in [0.4, 0.5) is 0 Å². The molecule has 0 aliphatic rings. The highest BCUT2D eigenvalue weighted by molar-refractivity contribution is 4.74. The SMILES string of the molecule is CC(CCC#N)CCC#N. The van der Waals surface area contributed by atoms with E-state index in [2.05, 4.69) is 19.1 Å². The molecule has 0 fully saturated rings. The van der Waals surface area contributed by atoms with Gasteiger partial charge in [-0.05, 0) is 18.8 Å². The molecule has 0 aromatic carbocycles. The van der Waals surface area contributed by atoms with Gasteiger partial charge in [-0.1, -0.05) is 6.92 Å². The monoisotopic (exact) mass is 136 g/mol. The summed E-state index contributed by atoms with van der Waals surface area (Å²) in [7, 11) is 0. The van der Waals surface area contributed by atoms with Gasteiger partial charge in [0, 0.05) is 12.8 Å². The van der Waals surface area contributed by atoms with Gasteiger partial charge >= 0.3 is 0 Å². The highest BCUT2D eigenvalue weighted by Crippen LogP contribution is 2.10. The van der Waals surface area contributed by atoms with E-state index >= 15 is 0 Å². The Kier molecular flexibility index (Phi) is 5.48. The van der Waals surface area contributed by atoms with Gasteiger partial charge < -0.3 is 0 Å². The molecule has 10 heavy (non-hydrogen) atoms. The number of rotatable bonds is 4. The molecule has 0 radical (unpaired) electrons. The van der Waals surface area contributed by atoms with Crippen LogP contribution in [0.3, 0.4) is 0 Å². The summed E-state index contributed by atoms with van der Waals surface area (Å²) >= 11 is 0. The van der Waals surface area contributed by atoms with Crippen LogP contribution in [0.2, 0.25) is 0 Å². The van der Waals surface area contributed by atoms with Gasteiger partial charge in [0.05, 0.1) is 12.1 Å². The van der Waals surface area contributed by atoms with Gasteiger partial charge in [0.15, 0.2) is 0 Å². The molecule has 0 aromatic rings. The molecule has 0 heterocycles. The van der Waals surface area contributed by atoms with Crippen molar-refractivity contribution in [3.63, 3.8) is 0 Å². The first-order chi connectivity index (χ1) is 4.81. The zero-order valence-corrected chi connectivity index (χ0v) is 6.30. The van der Waals surface area contributed by atoms with E-state index < -0.39 is 0 Å². The lowest BCUT2D eigenvalue weighted by atomic mass is 10.0. The third-order valence-electron chi connectivity index (χ3n) is 1.50. The van der Waals surface area contributed by atoms with Gasteiger partial charge in [-0.25, -0.2) is 0 Å². The Morgan fingerprint density at radius 3 is 1.80 bits per heavy atom. The summed E-state index contributed by atoms with van der Waals surface area (Å²) in [5.41, 5.74) is 0. The van der Waals surface area contributed by atoms with E-state index in [1.165, 1.54) is 0 Å². The molecule has 0 bridgehead atoms. The molecule has 0 saturated carbocycles. The van der Waals surface area contributed by atoms with Crippen molar-refractivity contribution in [2.75, 3.05) is 0 Å². The zero-order chi connectivity index (χ0) is 7.82. The van der Waals surface area contributed by atoms with Gasteiger partial charge in [0.25, 0.3) is 0 Å². The molecule has 0 aliphatic carbocycles. The second kappa shape index (κ2) is 6.11. The molecule has 54 valence electrons. The van der Waals surface area contributed by atoms with Crippen LogP contribution < -0.4 is 0 Å². The van der Waals surface area contributed by atoms with Crippen LogP contribution in [0.5, 0.6) is 0 Å². The molecule has 0 aromatic heterocycles. The number of nitriles is 2. The van der Waals surface area contributed by atoms with Crippen LogP contribution in [0, 0.1) is 28.6 Å². The number of hydrogen-bond acceptors (Lipinski definition) is 2. The average Bonchev–Trinajstić information content (AvgIpc) is 1.97. The van der Waals surface area contributed by atoms with Gasteiger partial charge in [-0.2, -0.15) is 10.5 Å². The minimum absolute atomic E-state index is 0.527. The Hall–Kier alpha value is -1.02. The van der Waals surface area contributed by atoms with Crippen LogP contribution in [-0.2, 0) is 0 Å². The van der Waals surface area contributed by atoms with Crippen molar-refractivity contribution < 1.29 is 0 Å². The molecular weight excluding hydrogens is 124 g/mol. The summed E-state index contributed by atoms with van der Waals surface area (Å²) in [5, 5.41) is 16.5. The summed E-state index contributed by atoms with van der Waals surface area (Å²) in [6, 6.07) is 4.18. The Balaban J connectivity index is 3.20. The third-order valence-corrected chi connectivity index (χ3v) is 1.50. The topological polar surface area (TPSA) is 47.6 Å². The third kappa shape index (κ3) is 5.12. The van der Waals surface area contributed by atoms with E-state index in [0.717, 1.165) is 12.8 Å². The maximum Gasteiger partial charge on any atom is 0.0621 e. The molecule has 0 rings (SSSR count). The lowest BCUT2D eigenvalue weighted by Gasteiger charge is -2.03. The Morgan fingerprint density at radius 2 is 1.50 bits per heavy atom. The smallest absolute Gasteiger partial charge is 0.0621 e. The molecule has 0 spiro atoms. The van der Waals surface area contributed by atoms with Crippen LogP contribution >= 0.6 is 0 Å². The average molecular weight is 136 g/mol. The minimum Gasteiger partial charge on any atom is -0.198 e. The summed E-state index contributed by atoms with van der Waals surface area (Å²) in [6.45, 7) is 2.08. The van der Waals surface area contributed by atoms with Crippen molar-refractivity contribution in [3.05, 3.63) is 0 Å². The Bertz CT molecular complexity index is 132. The van der Waals surface area contributed by atoms with Gasteiger partial charge in [-0.15, -0.1) is 0 Å². The lowest BCUT2D eigenvalue weighted by molar-refractivity contribution is 0.506. The minimum atomic E-state index is 0.527. The second-order valence-corrected chi connectivity index (χ2v) is 2.50. The maximum atomic E-state index is 8.23. The van der Waals surface area contributed by atoms with Crippen LogP contribution in [0.25, 0.3) is 0 Å². The van der Waals surface area contributed by atoms with E-state index in [4.69, 9.17) is 10.5 Å². The van der Waals surface area contributed by atoms with Crippen LogP contribution in [-0.4, -0.2) is 0 Å². The molecule has 0 unspecified atom stereocenters. The van der Waals surface area contributed by atoms with Crippen molar-refractivity contribution in [2.45, 2.75) is 32.6 Å². The fourth-order valence-corrected chi connectivity index (χ4v) is 0.766. The van der Waals surface area contributed by atoms with Crippen molar-refractivity contribution in [1.82, 2.24) is 0 Å². The van der Waals surface area contributed by atoms with Crippen molar-refractivity contribution in [2.24, 2.45) is 5.92 Å². The molecule has 0 N–H and O–H groups in total. The van der Waals surface area contributed by atoms with E-state index in [1.807, 2.05) is 0 Å². The van der Waals surface area contributed by atoms with E-state index in [0.29, 0.717) is 18.8 Å². The fraction of sp³-hybridized carbons (Fsp3) is 0.750. The van der Waals surface area contributed by atoms with E-state index in [1.54, 1.807) is 0 Å². The van der Waals surface area contributed by atoms with Crippen LogP contribution in [0.15, 0.2) is 0 Å². The van der Waals surface area contributed by atoms with Crippen molar-refractivity contribution in [1.29, 1.82) is 10.5 Å². The van der Waals surface area contributed by atoms with Gasteiger partial charge in [0.2, 0.25) is 0 Å². The quantitative estimate of drug-likeness (QED) is 0.595. The first kappa shape index (κ1) is 8.98. The molecule has 0 aliphatic heterocycles. The molecule has 2 nitrogen and oxygen atoms in total. The summed E-state index contributed by atoms with van der Waals surface area (Å²) in [4.78, 5) is 0. The number of hydrogen-bond donors (Lipinski definition) is 0. The largest absolute Gasteiger partial charge is 0.198 e. The predicted octanol–water partition coefficient (Wildman–Crippen LogP) is 2.23. The highest BCUT2D eigenvalue weighted by atomic mass is 14.2. The van der Waals surface area contributed by atoms with Crippen molar-refractivity contribution in [3.8, 4) is 12.1 Å². The lowest BCUT2D eigenvalue weighted by Crippen LogP contribution is -1.92. The van der Waals surface area contributed by atoms with Gasteiger partial charge in [-0.3, -0.25) is 0 Å². The molecular formula is C8H12N2. The van der Waals surface area contributed by atoms with Crippen molar-refractivity contribution >= 4 is 0 Å². The molecule has 0 atom stereocenters. The Labute approximate surface area is 62.1 Å². The second-order valence-electron chi connectivity index (χ2n) is 2.50. The predicted molar refractivity (Wildman–Crippen MR) is 38.9 cm³/mol. The molecule has 2 heteroatoms. The first-order valence-electron chi connectivity index (χ1n) is 3.55. The standard InChI is InChI=1S/C8H12N2/c1-8(4-2-6-9)5-3-7-10/h8H,2-5H2,1H3. The Morgan fingerprint density at radius 1 is 1.10 bits per heavy atom. The fourth-order valence-electron chi connectivity index (χ4n) is 0.766. The summed E-state index contributed by atoms with van der Waals surface area (Å²) in [5.74, 6) is 0.527. The number of nitrogens with zero attached hydrogens (tertiary/aromatic N) is 2. The van der Waals surface area contributed by atoms with Crippen LogP contribution in [0.1, 0.15) is 32.6 Å². The van der Waals surface area contributed by atoms with E-state index in [-0.39, 0.29) is 0 Å². The summed E-state index contributed by atoms with van der Waals surface area (Å²) < 4.78 is 0. The molecule has 0 amide bonds. The maximum absolute atomic E-state index is 8.23.